The molecule has 0 unspecified atom stereocenters. The van der Waals surface area contributed by atoms with Gasteiger partial charge in [0, 0.05) is 11.8 Å². The van der Waals surface area contributed by atoms with E-state index in [1.807, 2.05) is 0 Å². The number of aliphatic carboxylic acids is 1. The predicted octanol–water partition coefficient (Wildman–Crippen LogP) is 3.49. The van der Waals surface area contributed by atoms with Crippen LogP contribution in [0.25, 0.3) is 0 Å². The van der Waals surface area contributed by atoms with Crippen LogP contribution in [-0.2, 0) is 4.79 Å². The highest BCUT2D eigenvalue weighted by Crippen LogP contribution is 2.16. The van der Waals surface area contributed by atoms with Crippen molar-refractivity contribution >= 4 is 23.7 Å². The zero-order valence-electron chi connectivity index (χ0n) is 12.9. The number of ether oxygens (including phenoxy) is 1. The fraction of sp³-hybridized carbons (Fsp3) is 0.167. The highest BCUT2D eigenvalue weighted by atomic mass is 16.5. The molecule has 0 aliphatic heterocycles. The molecule has 0 heterocycles. The van der Waals surface area contributed by atoms with Crippen molar-refractivity contribution in [3.8, 4) is 5.75 Å². The van der Waals surface area contributed by atoms with E-state index in [-0.39, 0.29) is 5.78 Å². The molecule has 118 valence electrons. The lowest BCUT2D eigenvalue weighted by Crippen LogP contribution is -2.22. The van der Waals surface area contributed by atoms with Crippen molar-refractivity contribution in [2.45, 2.75) is 20.0 Å². The Morgan fingerprint density at radius 2 is 1.70 bits per heavy atom. The standard InChI is InChI=1S/C18H17NO4/c1-12(20)15-5-7-16(8-6-15)19-11-14-3-9-17(10-4-14)23-13(2)18(21)22/h3-11,13H,1-2H3,(H,21,22)/t13-/m1/s1. The molecule has 0 aromatic heterocycles. The van der Waals surface area contributed by atoms with Crippen LogP contribution in [0.3, 0.4) is 0 Å². The van der Waals surface area contributed by atoms with Crippen molar-refractivity contribution in [1.29, 1.82) is 0 Å². The minimum Gasteiger partial charge on any atom is -0.479 e. The minimum atomic E-state index is -1.01. The smallest absolute Gasteiger partial charge is 0.344 e. The Labute approximate surface area is 134 Å². The summed E-state index contributed by atoms with van der Waals surface area (Å²) in [5, 5.41) is 8.79. The highest BCUT2D eigenvalue weighted by Gasteiger charge is 2.11. The minimum absolute atomic E-state index is 0.0201. The molecular weight excluding hydrogens is 294 g/mol. The van der Waals surface area contributed by atoms with Gasteiger partial charge in [0.15, 0.2) is 11.9 Å². The van der Waals surface area contributed by atoms with Crippen LogP contribution in [0.15, 0.2) is 53.5 Å². The molecule has 1 atom stereocenters. The van der Waals surface area contributed by atoms with Crippen LogP contribution < -0.4 is 4.74 Å². The van der Waals surface area contributed by atoms with E-state index in [0.29, 0.717) is 11.3 Å². The number of rotatable bonds is 6. The number of hydrogen-bond donors (Lipinski definition) is 1. The van der Waals surface area contributed by atoms with E-state index in [4.69, 9.17) is 9.84 Å². The zero-order valence-corrected chi connectivity index (χ0v) is 12.9. The molecule has 2 aromatic rings. The van der Waals surface area contributed by atoms with Gasteiger partial charge < -0.3 is 9.84 Å². The van der Waals surface area contributed by atoms with E-state index in [1.165, 1.54) is 13.8 Å². The van der Waals surface area contributed by atoms with Gasteiger partial charge in [-0.1, -0.05) is 0 Å². The number of carbonyl (C=O) groups is 2. The summed E-state index contributed by atoms with van der Waals surface area (Å²) in [4.78, 5) is 26.3. The maximum atomic E-state index is 11.2. The molecule has 5 nitrogen and oxygen atoms in total. The van der Waals surface area contributed by atoms with E-state index < -0.39 is 12.1 Å². The average molecular weight is 311 g/mol. The molecule has 0 aliphatic rings. The molecular formula is C18H17NO4. The van der Waals surface area contributed by atoms with Crippen molar-refractivity contribution in [2.75, 3.05) is 0 Å². The van der Waals surface area contributed by atoms with Crippen LogP contribution in [0.4, 0.5) is 5.69 Å². The Morgan fingerprint density at radius 3 is 2.22 bits per heavy atom. The Kier molecular flexibility index (Phi) is 5.25. The van der Waals surface area contributed by atoms with E-state index in [9.17, 15) is 9.59 Å². The third-order valence-corrected chi connectivity index (χ3v) is 3.18. The van der Waals surface area contributed by atoms with Crippen LogP contribution in [0.1, 0.15) is 29.8 Å². The number of benzene rings is 2. The topological polar surface area (TPSA) is 76.0 Å². The maximum Gasteiger partial charge on any atom is 0.344 e. The van der Waals surface area contributed by atoms with Crippen LogP contribution in [0.2, 0.25) is 0 Å². The number of carboxylic acid groups (broad SMARTS) is 1. The molecule has 0 spiro atoms. The van der Waals surface area contributed by atoms with Crippen molar-refractivity contribution in [1.82, 2.24) is 0 Å². The first kappa shape index (κ1) is 16.4. The number of aliphatic imine (C=N–C) groups is 1. The molecule has 0 bridgehead atoms. The predicted molar refractivity (Wildman–Crippen MR) is 87.9 cm³/mol. The molecule has 0 aliphatic carbocycles. The number of carbonyl (C=O) groups excluding carboxylic acids is 1. The number of hydrogen-bond acceptors (Lipinski definition) is 4. The fourth-order valence-electron chi connectivity index (χ4n) is 1.82. The van der Waals surface area contributed by atoms with E-state index in [1.54, 1.807) is 54.7 Å². The normalized spacial score (nSPS) is 12.1. The third kappa shape index (κ3) is 4.78. The summed E-state index contributed by atoms with van der Waals surface area (Å²) in [5.74, 6) is -0.501. The summed E-state index contributed by atoms with van der Waals surface area (Å²) in [6.07, 6.45) is 0.794. The van der Waals surface area contributed by atoms with E-state index in [0.717, 1.165) is 11.3 Å². The summed E-state index contributed by atoms with van der Waals surface area (Å²) in [6.45, 7) is 3.00. The van der Waals surface area contributed by atoms with Crippen LogP contribution >= 0.6 is 0 Å². The van der Waals surface area contributed by atoms with Gasteiger partial charge in [-0.3, -0.25) is 9.79 Å². The lowest BCUT2D eigenvalue weighted by atomic mass is 10.1. The first-order valence-corrected chi connectivity index (χ1v) is 7.10. The lowest BCUT2D eigenvalue weighted by molar-refractivity contribution is -0.144. The van der Waals surface area contributed by atoms with Crippen molar-refractivity contribution < 1.29 is 19.4 Å². The molecule has 23 heavy (non-hydrogen) atoms. The second-order valence-electron chi connectivity index (χ2n) is 5.03. The highest BCUT2D eigenvalue weighted by molar-refractivity contribution is 5.94. The van der Waals surface area contributed by atoms with Gasteiger partial charge in [0.1, 0.15) is 5.75 Å². The van der Waals surface area contributed by atoms with Gasteiger partial charge in [0.05, 0.1) is 5.69 Å². The zero-order chi connectivity index (χ0) is 16.8. The Morgan fingerprint density at radius 1 is 1.09 bits per heavy atom. The number of nitrogens with zero attached hydrogens (tertiary/aromatic N) is 1. The Balaban J connectivity index is 2.02. The molecule has 0 saturated carbocycles. The molecule has 2 rings (SSSR count). The number of carboxylic acids is 1. The number of Topliss-reactive ketones (excluding diaryl/α,β-unsaturated/α-hetero) is 1. The Bertz CT molecular complexity index is 718. The Hall–Kier alpha value is -2.95. The number of ketones is 1. The summed E-state index contributed by atoms with van der Waals surface area (Å²) in [7, 11) is 0. The summed E-state index contributed by atoms with van der Waals surface area (Å²) in [6, 6.07) is 14.0. The maximum absolute atomic E-state index is 11.2. The van der Waals surface area contributed by atoms with Gasteiger partial charge >= 0.3 is 5.97 Å². The second-order valence-corrected chi connectivity index (χ2v) is 5.03. The molecule has 0 saturated heterocycles. The van der Waals surface area contributed by atoms with Crippen LogP contribution in [0, 0.1) is 0 Å². The van der Waals surface area contributed by atoms with Crippen molar-refractivity contribution in [3.63, 3.8) is 0 Å². The summed E-state index contributed by atoms with van der Waals surface area (Å²) in [5.41, 5.74) is 2.25. The molecule has 2 aromatic carbocycles. The van der Waals surface area contributed by atoms with Gasteiger partial charge in [-0.05, 0) is 67.9 Å². The van der Waals surface area contributed by atoms with E-state index in [2.05, 4.69) is 4.99 Å². The second kappa shape index (κ2) is 7.35. The molecule has 0 radical (unpaired) electrons. The fourth-order valence-corrected chi connectivity index (χ4v) is 1.82. The van der Waals surface area contributed by atoms with Crippen LogP contribution in [-0.4, -0.2) is 29.2 Å². The molecule has 5 heteroatoms. The van der Waals surface area contributed by atoms with Crippen LogP contribution in [0.5, 0.6) is 5.75 Å². The first-order chi connectivity index (χ1) is 11.0. The molecule has 0 amide bonds. The van der Waals surface area contributed by atoms with Gasteiger partial charge in [-0.25, -0.2) is 4.79 Å². The van der Waals surface area contributed by atoms with Crippen molar-refractivity contribution in [2.24, 2.45) is 4.99 Å². The first-order valence-electron chi connectivity index (χ1n) is 7.10. The van der Waals surface area contributed by atoms with Gasteiger partial charge in [-0.2, -0.15) is 0 Å². The van der Waals surface area contributed by atoms with E-state index >= 15 is 0 Å². The van der Waals surface area contributed by atoms with Crippen molar-refractivity contribution in [3.05, 3.63) is 59.7 Å². The largest absolute Gasteiger partial charge is 0.479 e. The quantitative estimate of drug-likeness (QED) is 0.654. The third-order valence-electron chi connectivity index (χ3n) is 3.18. The summed E-state index contributed by atoms with van der Waals surface area (Å²) < 4.78 is 5.25. The lowest BCUT2D eigenvalue weighted by Gasteiger charge is -2.09. The monoisotopic (exact) mass is 311 g/mol. The van der Waals surface area contributed by atoms with Gasteiger partial charge in [-0.15, -0.1) is 0 Å². The van der Waals surface area contributed by atoms with Gasteiger partial charge in [0.2, 0.25) is 0 Å². The van der Waals surface area contributed by atoms with Gasteiger partial charge in [0.25, 0.3) is 0 Å². The summed E-state index contributed by atoms with van der Waals surface area (Å²) >= 11 is 0. The molecule has 0 fully saturated rings. The SMILES string of the molecule is CC(=O)c1ccc(N=Cc2ccc(O[C@H](C)C(=O)O)cc2)cc1. The average Bonchev–Trinajstić information content (AvgIpc) is 2.54. The molecule has 1 N–H and O–H groups in total.